The zero-order valence-electron chi connectivity index (χ0n) is 10.9. The highest BCUT2D eigenvalue weighted by atomic mass is 16.2. The lowest BCUT2D eigenvalue weighted by molar-refractivity contribution is -0.125. The van der Waals surface area contributed by atoms with E-state index in [0.29, 0.717) is 18.2 Å². The number of anilines is 1. The van der Waals surface area contributed by atoms with Gasteiger partial charge in [0, 0.05) is 18.3 Å². The molecule has 1 aromatic carbocycles. The maximum absolute atomic E-state index is 12.1. The first-order valence-electron chi connectivity index (χ1n) is 6.45. The zero-order chi connectivity index (χ0) is 13.7. The van der Waals surface area contributed by atoms with E-state index < -0.39 is 0 Å². The molecule has 19 heavy (non-hydrogen) atoms. The second kappa shape index (κ2) is 6.10. The third-order valence-corrected chi connectivity index (χ3v) is 3.12. The molecular formula is C16H18N2O. The molecule has 98 valence electrons. The van der Waals surface area contributed by atoms with Gasteiger partial charge in [-0.2, -0.15) is 0 Å². The van der Waals surface area contributed by atoms with Gasteiger partial charge in [-0.05, 0) is 42.5 Å². The predicted molar refractivity (Wildman–Crippen MR) is 78.0 cm³/mol. The number of terminal acetylenes is 1. The van der Waals surface area contributed by atoms with Gasteiger partial charge in [-0.3, -0.25) is 4.79 Å². The van der Waals surface area contributed by atoms with Crippen molar-refractivity contribution in [2.24, 2.45) is 5.92 Å². The molecule has 1 aromatic rings. The van der Waals surface area contributed by atoms with E-state index in [1.807, 2.05) is 24.3 Å². The van der Waals surface area contributed by atoms with Crippen molar-refractivity contribution in [3.8, 4) is 12.3 Å². The van der Waals surface area contributed by atoms with Gasteiger partial charge in [0.2, 0.25) is 5.91 Å². The van der Waals surface area contributed by atoms with Crippen LogP contribution in [0.2, 0.25) is 0 Å². The lowest BCUT2D eigenvalue weighted by atomic mass is 10.2. The molecular weight excluding hydrogens is 236 g/mol. The monoisotopic (exact) mass is 254 g/mol. The van der Waals surface area contributed by atoms with E-state index in [1.165, 1.54) is 12.8 Å². The van der Waals surface area contributed by atoms with E-state index >= 15 is 0 Å². The Morgan fingerprint density at radius 1 is 1.42 bits per heavy atom. The standard InChI is InChI=1S/C16H18N2O/c1-2-11-18(12-14-3-4-14)16(19)10-7-13-5-8-15(17)9-6-13/h1,5-10,14H,3-4,11-12,17H2/b10-7+. The molecule has 0 heterocycles. The topological polar surface area (TPSA) is 46.3 Å². The van der Waals surface area contributed by atoms with Crippen molar-refractivity contribution in [1.82, 2.24) is 4.90 Å². The van der Waals surface area contributed by atoms with Gasteiger partial charge in [-0.25, -0.2) is 0 Å². The number of hydrogen-bond donors (Lipinski definition) is 1. The van der Waals surface area contributed by atoms with Gasteiger partial charge >= 0.3 is 0 Å². The number of benzene rings is 1. The Labute approximate surface area is 114 Å². The van der Waals surface area contributed by atoms with Crippen molar-refractivity contribution in [3.05, 3.63) is 35.9 Å². The molecule has 1 amide bonds. The summed E-state index contributed by atoms with van der Waals surface area (Å²) in [6.07, 6.45) is 11.1. The van der Waals surface area contributed by atoms with E-state index in [0.717, 1.165) is 12.1 Å². The van der Waals surface area contributed by atoms with Gasteiger partial charge in [-0.1, -0.05) is 18.1 Å². The lowest BCUT2D eigenvalue weighted by Gasteiger charge is -2.17. The maximum Gasteiger partial charge on any atom is 0.247 e. The van der Waals surface area contributed by atoms with Crippen molar-refractivity contribution in [2.45, 2.75) is 12.8 Å². The second-order valence-electron chi connectivity index (χ2n) is 4.87. The largest absolute Gasteiger partial charge is 0.399 e. The summed E-state index contributed by atoms with van der Waals surface area (Å²) >= 11 is 0. The van der Waals surface area contributed by atoms with Gasteiger partial charge in [0.15, 0.2) is 0 Å². The molecule has 0 spiro atoms. The first-order chi connectivity index (χ1) is 9.19. The molecule has 0 aliphatic heterocycles. The Hall–Kier alpha value is -2.21. The van der Waals surface area contributed by atoms with Crippen molar-refractivity contribution in [1.29, 1.82) is 0 Å². The van der Waals surface area contributed by atoms with Gasteiger partial charge < -0.3 is 10.6 Å². The molecule has 1 aliphatic carbocycles. The number of nitrogens with zero attached hydrogens (tertiary/aromatic N) is 1. The van der Waals surface area contributed by atoms with Crippen LogP contribution in [0.4, 0.5) is 5.69 Å². The third kappa shape index (κ3) is 4.18. The number of nitrogens with two attached hydrogens (primary N) is 1. The normalized spacial score (nSPS) is 14.3. The van der Waals surface area contributed by atoms with E-state index in [-0.39, 0.29) is 5.91 Å². The van der Waals surface area contributed by atoms with Crippen LogP contribution in [0.25, 0.3) is 6.08 Å². The van der Waals surface area contributed by atoms with Crippen LogP contribution in [0.15, 0.2) is 30.3 Å². The molecule has 0 saturated heterocycles. The Kier molecular flexibility index (Phi) is 4.25. The molecule has 3 heteroatoms. The molecule has 0 unspecified atom stereocenters. The molecule has 2 N–H and O–H groups in total. The number of amides is 1. The summed E-state index contributed by atoms with van der Waals surface area (Å²) < 4.78 is 0. The first kappa shape index (κ1) is 13.2. The Morgan fingerprint density at radius 2 is 2.11 bits per heavy atom. The lowest BCUT2D eigenvalue weighted by Crippen LogP contribution is -2.31. The summed E-state index contributed by atoms with van der Waals surface area (Å²) in [5, 5.41) is 0. The SMILES string of the molecule is C#CCN(CC1CC1)C(=O)/C=C/c1ccc(N)cc1. The highest BCUT2D eigenvalue weighted by Crippen LogP contribution is 2.29. The zero-order valence-corrected chi connectivity index (χ0v) is 10.9. The minimum atomic E-state index is -0.0262. The summed E-state index contributed by atoms with van der Waals surface area (Å²) in [7, 11) is 0. The average Bonchev–Trinajstić information content (AvgIpc) is 3.21. The highest BCUT2D eigenvalue weighted by molar-refractivity contribution is 5.92. The second-order valence-corrected chi connectivity index (χ2v) is 4.87. The van der Waals surface area contributed by atoms with E-state index in [9.17, 15) is 4.79 Å². The first-order valence-corrected chi connectivity index (χ1v) is 6.45. The number of carbonyl (C=O) groups is 1. The summed E-state index contributed by atoms with van der Waals surface area (Å²) in [6.45, 7) is 1.15. The Bertz CT molecular complexity index is 507. The quantitative estimate of drug-likeness (QED) is 0.497. The average molecular weight is 254 g/mol. The predicted octanol–water partition coefficient (Wildman–Crippen LogP) is 2.15. The molecule has 1 aliphatic rings. The summed E-state index contributed by atoms with van der Waals surface area (Å²) in [4.78, 5) is 13.8. The van der Waals surface area contributed by atoms with E-state index in [1.54, 1.807) is 17.1 Å². The van der Waals surface area contributed by atoms with Gasteiger partial charge in [0.05, 0.1) is 6.54 Å². The van der Waals surface area contributed by atoms with E-state index in [4.69, 9.17) is 12.2 Å². The molecule has 0 aromatic heterocycles. The van der Waals surface area contributed by atoms with Crippen molar-refractivity contribution < 1.29 is 4.79 Å². The molecule has 3 nitrogen and oxygen atoms in total. The van der Waals surface area contributed by atoms with Crippen molar-refractivity contribution in [2.75, 3.05) is 18.8 Å². The smallest absolute Gasteiger partial charge is 0.247 e. The van der Waals surface area contributed by atoms with Crippen molar-refractivity contribution in [3.63, 3.8) is 0 Å². The number of rotatable bonds is 5. The van der Waals surface area contributed by atoms with Crippen LogP contribution in [0.5, 0.6) is 0 Å². The van der Waals surface area contributed by atoms with Crippen LogP contribution in [0, 0.1) is 18.3 Å². The van der Waals surface area contributed by atoms with Gasteiger partial charge in [0.1, 0.15) is 0 Å². The van der Waals surface area contributed by atoms with Gasteiger partial charge in [-0.15, -0.1) is 6.42 Å². The molecule has 2 rings (SSSR count). The molecule has 0 atom stereocenters. The minimum Gasteiger partial charge on any atom is -0.399 e. The Morgan fingerprint density at radius 3 is 2.68 bits per heavy atom. The minimum absolute atomic E-state index is 0.0262. The van der Waals surface area contributed by atoms with Crippen LogP contribution in [0.3, 0.4) is 0 Å². The maximum atomic E-state index is 12.1. The fraction of sp³-hybridized carbons (Fsp3) is 0.312. The van der Waals surface area contributed by atoms with Crippen LogP contribution < -0.4 is 5.73 Å². The number of hydrogen-bond acceptors (Lipinski definition) is 2. The summed E-state index contributed by atoms with van der Waals surface area (Å²) in [5.74, 6) is 3.16. The van der Waals surface area contributed by atoms with Crippen LogP contribution >= 0.6 is 0 Å². The van der Waals surface area contributed by atoms with Crippen LogP contribution in [-0.2, 0) is 4.79 Å². The summed E-state index contributed by atoms with van der Waals surface area (Å²) in [5.41, 5.74) is 7.28. The van der Waals surface area contributed by atoms with E-state index in [2.05, 4.69) is 5.92 Å². The molecule has 1 fully saturated rings. The fourth-order valence-electron chi connectivity index (χ4n) is 1.83. The highest BCUT2D eigenvalue weighted by Gasteiger charge is 2.25. The third-order valence-electron chi connectivity index (χ3n) is 3.12. The van der Waals surface area contributed by atoms with Crippen molar-refractivity contribution >= 4 is 17.7 Å². The van der Waals surface area contributed by atoms with Gasteiger partial charge in [0.25, 0.3) is 0 Å². The number of carbonyl (C=O) groups excluding carboxylic acids is 1. The van der Waals surface area contributed by atoms with Crippen LogP contribution in [0.1, 0.15) is 18.4 Å². The van der Waals surface area contributed by atoms with Crippen LogP contribution in [-0.4, -0.2) is 23.9 Å². The number of nitrogen functional groups attached to an aromatic ring is 1. The Balaban J connectivity index is 1.97. The molecule has 1 saturated carbocycles. The molecule has 0 radical (unpaired) electrons. The summed E-state index contributed by atoms with van der Waals surface area (Å²) in [6, 6.07) is 7.39. The molecule has 0 bridgehead atoms. The fourth-order valence-corrected chi connectivity index (χ4v) is 1.83.